The van der Waals surface area contributed by atoms with E-state index in [2.05, 4.69) is 4.72 Å². The fourth-order valence-electron chi connectivity index (χ4n) is 1.25. The lowest BCUT2D eigenvalue weighted by Gasteiger charge is -2.17. The number of sulfonamides is 1. The van der Waals surface area contributed by atoms with Crippen LogP contribution in [-0.4, -0.2) is 54.7 Å². The Bertz CT molecular complexity index is 282. The fourth-order valence-corrected chi connectivity index (χ4v) is 1.79. The van der Waals surface area contributed by atoms with E-state index in [1.165, 1.54) is 0 Å². The van der Waals surface area contributed by atoms with Crippen LogP contribution in [0.3, 0.4) is 0 Å². The predicted octanol–water partition coefficient (Wildman–Crippen LogP) is -0.590. The summed E-state index contributed by atoms with van der Waals surface area (Å²) in [4.78, 5) is 0. The smallest absolute Gasteiger partial charge is 0.208 e. The van der Waals surface area contributed by atoms with Crippen molar-refractivity contribution in [1.82, 2.24) is 4.72 Å². The first-order valence-corrected chi connectivity index (χ1v) is 7.49. The first-order valence-electron chi connectivity index (χ1n) is 5.60. The summed E-state index contributed by atoms with van der Waals surface area (Å²) in [6.45, 7) is 4.41. The van der Waals surface area contributed by atoms with Crippen LogP contribution in [0, 0.1) is 11.8 Å². The minimum Gasteiger partial charge on any atom is -0.384 e. The van der Waals surface area contributed by atoms with Gasteiger partial charge in [0.05, 0.1) is 26.1 Å². The van der Waals surface area contributed by atoms with Crippen LogP contribution in [0.1, 0.15) is 6.92 Å². The van der Waals surface area contributed by atoms with Crippen LogP contribution < -0.4 is 10.5 Å². The molecule has 6 nitrogen and oxygen atoms in total. The van der Waals surface area contributed by atoms with E-state index in [1.54, 1.807) is 7.11 Å². The van der Waals surface area contributed by atoms with E-state index in [1.807, 2.05) is 6.92 Å². The summed E-state index contributed by atoms with van der Waals surface area (Å²) in [7, 11) is -1.51. The van der Waals surface area contributed by atoms with Crippen molar-refractivity contribution in [1.29, 1.82) is 0 Å². The lowest BCUT2D eigenvalue weighted by Crippen LogP contribution is -2.34. The van der Waals surface area contributed by atoms with E-state index in [0.717, 1.165) is 6.26 Å². The van der Waals surface area contributed by atoms with Crippen LogP contribution in [0.15, 0.2) is 0 Å². The van der Waals surface area contributed by atoms with Crippen molar-refractivity contribution in [2.75, 3.05) is 46.3 Å². The number of rotatable bonds is 10. The maximum absolute atomic E-state index is 10.9. The standard InChI is InChI=1S/C10H24N2O4S/c1-9(6-15-2)7-16-8-10(4-11)5-12-17(3,13)14/h9-10,12H,4-8,11H2,1-3H3. The normalized spacial score (nSPS) is 15.8. The molecular formula is C10H24N2O4S. The van der Waals surface area contributed by atoms with E-state index in [0.29, 0.717) is 38.8 Å². The van der Waals surface area contributed by atoms with Crippen molar-refractivity contribution in [3.05, 3.63) is 0 Å². The van der Waals surface area contributed by atoms with E-state index >= 15 is 0 Å². The molecule has 0 bridgehead atoms. The van der Waals surface area contributed by atoms with Gasteiger partial charge in [-0.15, -0.1) is 0 Å². The third-order valence-corrected chi connectivity index (χ3v) is 2.87. The van der Waals surface area contributed by atoms with Crippen LogP contribution >= 0.6 is 0 Å². The minimum absolute atomic E-state index is 0.000491. The first-order chi connectivity index (χ1) is 7.89. The third kappa shape index (κ3) is 10.7. The molecule has 0 aromatic rings. The third-order valence-electron chi connectivity index (χ3n) is 2.17. The number of nitrogens with one attached hydrogen (secondary N) is 1. The average Bonchev–Trinajstić information content (AvgIpc) is 2.22. The molecule has 0 aromatic carbocycles. The van der Waals surface area contributed by atoms with Gasteiger partial charge in [0.1, 0.15) is 0 Å². The Kier molecular flexibility index (Phi) is 8.71. The lowest BCUT2D eigenvalue weighted by molar-refractivity contribution is 0.0487. The monoisotopic (exact) mass is 268 g/mol. The van der Waals surface area contributed by atoms with Gasteiger partial charge in [-0.2, -0.15) is 0 Å². The largest absolute Gasteiger partial charge is 0.384 e. The molecule has 0 saturated carbocycles. The van der Waals surface area contributed by atoms with Crippen molar-refractivity contribution in [3.8, 4) is 0 Å². The van der Waals surface area contributed by atoms with Crippen molar-refractivity contribution in [3.63, 3.8) is 0 Å². The molecule has 0 aliphatic heterocycles. The molecule has 0 amide bonds. The second kappa shape index (κ2) is 8.82. The van der Waals surface area contributed by atoms with Crippen LogP contribution in [0.4, 0.5) is 0 Å². The van der Waals surface area contributed by atoms with E-state index < -0.39 is 10.0 Å². The van der Waals surface area contributed by atoms with Gasteiger partial charge in [0.15, 0.2) is 0 Å². The second-order valence-electron chi connectivity index (χ2n) is 4.32. The predicted molar refractivity (Wildman–Crippen MR) is 67.2 cm³/mol. The quantitative estimate of drug-likeness (QED) is 0.552. The van der Waals surface area contributed by atoms with Crippen LogP contribution in [0.2, 0.25) is 0 Å². The molecule has 0 aliphatic carbocycles. The van der Waals surface area contributed by atoms with Gasteiger partial charge in [0.2, 0.25) is 10.0 Å². The van der Waals surface area contributed by atoms with Crippen molar-refractivity contribution < 1.29 is 17.9 Å². The van der Waals surface area contributed by atoms with Crippen LogP contribution in [0.5, 0.6) is 0 Å². The summed E-state index contributed by atoms with van der Waals surface area (Å²) < 4.78 is 34.7. The van der Waals surface area contributed by atoms with Crippen molar-refractivity contribution in [2.24, 2.45) is 17.6 Å². The molecule has 3 N–H and O–H groups in total. The summed E-state index contributed by atoms with van der Waals surface area (Å²) in [5.41, 5.74) is 5.54. The zero-order chi connectivity index (χ0) is 13.3. The molecule has 0 fully saturated rings. The molecule has 0 rings (SSSR count). The van der Waals surface area contributed by atoms with Crippen LogP contribution in [0.25, 0.3) is 0 Å². The molecule has 0 aliphatic rings. The summed E-state index contributed by atoms with van der Waals surface area (Å²) in [5.74, 6) is 0.320. The van der Waals surface area contributed by atoms with Gasteiger partial charge >= 0.3 is 0 Å². The molecular weight excluding hydrogens is 244 g/mol. The first kappa shape index (κ1) is 16.8. The van der Waals surface area contributed by atoms with Crippen LogP contribution in [-0.2, 0) is 19.5 Å². The number of methoxy groups -OCH3 is 1. The molecule has 7 heteroatoms. The number of hydrogen-bond donors (Lipinski definition) is 2. The highest BCUT2D eigenvalue weighted by Crippen LogP contribution is 2.00. The average molecular weight is 268 g/mol. The van der Waals surface area contributed by atoms with E-state index in [4.69, 9.17) is 15.2 Å². The molecule has 0 saturated heterocycles. The van der Waals surface area contributed by atoms with E-state index in [9.17, 15) is 8.42 Å². The molecule has 2 unspecified atom stereocenters. The van der Waals surface area contributed by atoms with Gasteiger partial charge in [-0.1, -0.05) is 6.92 Å². The summed E-state index contributed by atoms with van der Waals surface area (Å²) >= 11 is 0. The summed E-state index contributed by atoms with van der Waals surface area (Å²) in [6, 6.07) is 0. The lowest BCUT2D eigenvalue weighted by atomic mass is 10.1. The maximum atomic E-state index is 10.9. The highest BCUT2D eigenvalue weighted by molar-refractivity contribution is 7.88. The Balaban J connectivity index is 3.75. The summed E-state index contributed by atoms with van der Waals surface area (Å²) in [6.07, 6.45) is 1.13. The Morgan fingerprint density at radius 2 is 1.94 bits per heavy atom. The van der Waals surface area contributed by atoms with Gasteiger partial charge in [0, 0.05) is 25.5 Å². The van der Waals surface area contributed by atoms with Gasteiger partial charge < -0.3 is 15.2 Å². The second-order valence-corrected chi connectivity index (χ2v) is 6.15. The maximum Gasteiger partial charge on any atom is 0.208 e. The zero-order valence-electron chi connectivity index (χ0n) is 10.8. The number of nitrogens with two attached hydrogens (primary N) is 1. The van der Waals surface area contributed by atoms with Gasteiger partial charge in [-0.3, -0.25) is 0 Å². The molecule has 17 heavy (non-hydrogen) atoms. The number of ether oxygens (including phenoxy) is 2. The Hall–Kier alpha value is -0.210. The van der Waals surface area contributed by atoms with Crippen molar-refractivity contribution >= 4 is 10.0 Å². The van der Waals surface area contributed by atoms with Gasteiger partial charge in [-0.05, 0) is 6.54 Å². The molecule has 0 aromatic heterocycles. The van der Waals surface area contributed by atoms with E-state index in [-0.39, 0.29) is 5.92 Å². The van der Waals surface area contributed by atoms with Gasteiger partial charge in [-0.25, -0.2) is 13.1 Å². The molecule has 0 spiro atoms. The highest BCUT2D eigenvalue weighted by Gasteiger charge is 2.11. The van der Waals surface area contributed by atoms with Gasteiger partial charge in [0.25, 0.3) is 0 Å². The Labute approximate surface area is 104 Å². The zero-order valence-corrected chi connectivity index (χ0v) is 11.6. The molecule has 2 atom stereocenters. The Morgan fingerprint density at radius 3 is 2.41 bits per heavy atom. The molecule has 0 radical (unpaired) electrons. The van der Waals surface area contributed by atoms with Crippen molar-refractivity contribution in [2.45, 2.75) is 6.92 Å². The minimum atomic E-state index is -3.16. The molecule has 104 valence electrons. The fraction of sp³-hybridized carbons (Fsp3) is 1.00. The number of hydrogen-bond acceptors (Lipinski definition) is 5. The Morgan fingerprint density at radius 1 is 1.29 bits per heavy atom. The topological polar surface area (TPSA) is 90.7 Å². The molecule has 0 heterocycles. The SMILES string of the molecule is COCC(C)COCC(CN)CNS(C)(=O)=O. The highest BCUT2D eigenvalue weighted by atomic mass is 32.2. The summed E-state index contributed by atoms with van der Waals surface area (Å²) in [5, 5.41) is 0.